The Kier molecular flexibility index (Phi) is 48.5. The summed E-state index contributed by atoms with van der Waals surface area (Å²) in [5.74, 6) is -0.971. The molecule has 0 aromatic heterocycles. The van der Waals surface area contributed by atoms with Crippen molar-refractivity contribution in [3.63, 3.8) is 0 Å². The number of ether oxygens (including phenoxy) is 3. The van der Waals surface area contributed by atoms with Gasteiger partial charge in [-0.25, -0.2) is 0 Å². The molecular formula is C57H96O6. The normalized spacial score (nSPS) is 12.7. The van der Waals surface area contributed by atoms with E-state index in [9.17, 15) is 14.4 Å². The van der Waals surface area contributed by atoms with Crippen molar-refractivity contribution in [2.75, 3.05) is 13.2 Å². The third kappa shape index (κ3) is 49.5. The van der Waals surface area contributed by atoms with Crippen molar-refractivity contribution in [3.8, 4) is 0 Å². The van der Waals surface area contributed by atoms with Crippen molar-refractivity contribution in [1.29, 1.82) is 0 Å². The van der Waals surface area contributed by atoms with Crippen molar-refractivity contribution >= 4 is 17.9 Å². The zero-order chi connectivity index (χ0) is 45.8. The molecule has 360 valence electrons. The first-order valence-electron chi connectivity index (χ1n) is 26.1. The summed E-state index contributed by atoms with van der Waals surface area (Å²) in [5.41, 5.74) is 0. The highest BCUT2D eigenvalue weighted by Crippen LogP contribution is 2.14. The van der Waals surface area contributed by atoms with Gasteiger partial charge < -0.3 is 14.2 Å². The minimum atomic E-state index is -0.805. The molecule has 0 rings (SSSR count). The number of hydrogen-bond acceptors (Lipinski definition) is 6. The molecule has 0 aliphatic heterocycles. The number of rotatable bonds is 46. The fourth-order valence-corrected chi connectivity index (χ4v) is 6.98. The van der Waals surface area contributed by atoms with E-state index in [1.54, 1.807) is 0 Å². The van der Waals surface area contributed by atoms with Gasteiger partial charge in [-0.05, 0) is 89.9 Å². The summed E-state index contributed by atoms with van der Waals surface area (Å²) in [7, 11) is 0. The first-order chi connectivity index (χ1) is 31.0. The topological polar surface area (TPSA) is 78.9 Å². The van der Waals surface area contributed by atoms with E-state index in [1.165, 1.54) is 109 Å². The Bertz CT molecular complexity index is 1240. The maximum absolute atomic E-state index is 12.7. The second kappa shape index (κ2) is 51.2. The number of carbonyl (C=O) groups is 3. The fourth-order valence-electron chi connectivity index (χ4n) is 6.98. The predicted octanol–water partition coefficient (Wildman–Crippen LogP) is 17.2. The van der Waals surface area contributed by atoms with Crippen molar-refractivity contribution in [2.45, 2.75) is 245 Å². The van der Waals surface area contributed by atoms with Crippen LogP contribution in [0.5, 0.6) is 0 Å². The molecule has 0 saturated carbocycles. The minimum Gasteiger partial charge on any atom is -0.462 e. The van der Waals surface area contributed by atoms with E-state index in [0.29, 0.717) is 19.3 Å². The van der Waals surface area contributed by atoms with Crippen LogP contribution in [-0.2, 0) is 28.6 Å². The molecule has 0 saturated heterocycles. The molecule has 1 atom stereocenters. The number of unbranched alkanes of at least 4 members (excludes halogenated alkanes) is 21. The van der Waals surface area contributed by atoms with Gasteiger partial charge in [0.25, 0.3) is 0 Å². The van der Waals surface area contributed by atoms with Crippen LogP contribution in [0.1, 0.15) is 239 Å². The molecule has 0 fully saturated rings. The van der Waals surface area contributed by atoms with Crippen LogP contribution in [0.15, 0.2) is 85.1 Å². The van der Waals surface area contributed by atoms with E-state index in [-0.39, 0.29) is 37.5 Å². The highest BCUT2D eigenvalue weighted by molar-refractivity contribution is 5.71. The summed E-state index contributed by atoms with van der Waals surface area (Å²) >= 11 is 0. The third-order valence-electron chi connectivity index (χ3n) is 10.9. The molecule has 0 amide bonds. The molecule has 6 heteroatoms. The van der Waals surface area contributed by atoms with E-state index in [4.69, 9.17) is 14.2 Å². The largest absolute Gasteiger partial charge is 0.462 e. The number of allylic oxidation sites excluding steroid dienone is 14. The Morgan fingerprint density at radius 3 is 1.02 bits per heavy atom. The SMILES string of the molecule is CC/C=C\C/C=C\C/C=C\C/C=C\C/C=C\CCCC(=O)OC(COC(=O)CCCCCCCCC)COC(=O)CCCCCCCCCCC/C=C\C/C=C\CCCCCCC. The summed E-state index contributed by atoms with van der Waals surface area (Å²) in [6, 6.07) is 0. The Hall–Kier alpha value is -3.41. The fraction of sp³-hybridized carbons (Fsp3) is 0.702. The van der Waals surface area contributed by atoms with Crippen molar-refractivity contribution < 1.29 is 28.6 Å². The van der Waals surface area contributed by atoms with Gasteiger partial charge in [0, 0.05) is 19.3 Å². The van der Waals surface area contributed by atoms with E-state index < -0.39 is 6.10 Å². The lowest BCUT2D eigenvalue weighted by atomic mass is 10.1. The second-order valence-corrected chi connectivity index (χ2v) is 17.1. The van der Waals surface area contributed by atoms with E-state index >= 15 is 0 Å². The van der Waals surface area contributed by atoms with Gasteiger partial charge in [0.2, 0.25) is 0 Å². The van der Waals surface area contributed by atoms with Crippen LogP contribution >= 0.6 is 0 Å². The Morgan fingerprint density at radius 1 is 0.333 bits per heavy atom. The van der Waals surface area contributed by atoms with Crippen molar-refractivity contribution in [1.82, 2.24) is 0 Å². The Morgan fingerprint density at radius 2 is 0.635 bits per heavy atom. The minimum absolute atomic E-state index is 0.100. The molecule has 6 nitrogen and oxygen atoms in total. The second-order valence-electron chi connectivity index (χ2n) is 17.1. The van der Waals surface area contributed by atoms with Crippen LogP contribution in [0, 0.1) is 0 Å². The van der Waals surface area contributed by atoms with Gasteiger partial charge in [0.15, 0.2) is 6.10 Å². The molecular weight excluding hydrogens is 781 g/mol. The maximum atomic E-state index is 12.7. The van der Waals surface area contributed by atoms with Gasteiger partial charge in [-0.2, -0.15) is 0 Å². The van der Waals surface area contributed by atoms with E-state index in [0.717, 1.165) is 83.5 Å². The molecule has 0 aliphatic carbocycles. The van der Waals surface area contributed by atoms with Crippen LogP contribution in [0.25, 0.3) is 0 Å². The summed E-state index contributed by atoms with van der Waals surface area (Å²) in [4.78, 5) is 37.8. The lowest BCUT2D eigenvalue weighted by molar-refractivity contribution is -0.167. The van der Waals surface area contributed by atoms with Crippen LogP contribution in [-0.4, -0.2) is 37.2 Å². The molecule has 1 unspecified atom stereocenters. The van der Waals surface area contributed by atoms with Crippen molar-refractivity contribution in [2.24, 2.45) is 0 Å². The summed E-state index contributed by atoms with van der Waals surface area (Å²) in [6.07, 6.45) is 65.9. The van der Waals surface area contributed by atoms with E-state index in [1.807, 2.05) is 0 Å². The van der Waals surface area contributed by atoms with Gasteiger partial charge in [-0.1, -0.05) is 215 Å². The van der Waals surface area contributed by atoms with Gasteiger partial charge in [-0.15, -0.1) is 0 Å². The zero-order valence-electron chi connectivity index (χ0n) is 41.1. The molecule has 0 aliphatic rings. The van der Waals surface area contributed by atoms with Crippen LogP contribution in [0.4, 0.5) is 0 Å². The Labute approximate surface area is 388 Å². The smallest absolute Gasteiger partial charge is 0.306 e. The molecule has 0 spiro atoms. The number of hydrogen-bond donors (Lipinski definition) is 0. The summed E-state index contributed by atoms with van der Waals surface area (Å²) < 4.78 is 16.7. The lowest BCUT2D eigenvalue weighted by Gasteiger charge is -2.18. The van der Waals surface area contributed by atoms with E-state index in [2.05, 4.69) is 106 Å². The van der Waals surface area contributed by atoms with Gasteiger partial charge in [0.1, 0.15) is 13.2 Å². The third-order valence-corrected chi connectivity index (χ3v) is 10.9. The number of carbonyl (C=O) groups excluding carboxylic acids is 3. The average Bonchev–Trinajstić information content (AvgIpc) is 3.28. The standard InChI is InChI=1S/C57H96O6/c1-4-7-10-13-16-18-20-22-24-26-27-28-29-31-32-34-36-38-41-44-47-50-56(59)62-53-54(52-61-55(58)49-46-43-40-15-12-9-6-3)63-57(60)51-48-45-42-39-37-35-33-30-25-23-21-19-17-14-11-8-5-2/h8,11,17,19-20,22-23,25-27,33,35,39,42,54H,4-7,9-10,12-16,18,21,24,28-32,34,36-38,40-41,43-53H2,1-3H3/b11-8-,19-17-,22-20-,25-23-,27-26-,35-33-,42-39-. The van der Waals surface area contributed by atoms with Crippen molar-refractivity contribution in [3.05, 3.63) is 85.1 Å². The zero-order valence-corrected chi connectivity index (χ0v) is 41.1. The van der Waals surface area contributed by atoms with Crippen LogP contribution in [0.2, 0.25) is 0 Å². The molecule has 0 heterocycles. The molecule has 0 aromatic rings. The van der Waals surface area contributed by atoms with Crippen LogP contribution < -0.4 is 0 Å². The molecule has 63 heavy (non-hydrogen) atoms. The summed E-state index contributed by atoms with van der Waals surface area (Å²) in [5, 5.41) is 0. The highest BCUT2D eigenvalue weighted by atomic mass is 16.6. The molecule has 0 aromatic carbocycles. The quantitative estimate of drug-likeness (QED) is 0.0262. The molecule has 0 bridgehead atoms. The molecule has 0 radical (unpaired) electrons. The average molecular weight is 877 g/mol. The first-order valence-corrected chi connectivity index (χ1v) is 26.1. The lowest BCUT2D eigenvalue weighted by Crippen LogP contribution is -2.30. The van der Waals surface area contributed by atoms with Gasteiger partial charge in [-0.3, -0.25) is 14.4 Å². The van der Waals surface area contributed by atoms with Gasteiger partial charge in [0.05, 0.1) is 0 Å². The maximum Gasteiger partial charge on any atom is 0.306 e. The molecule has 0 N–H and O–H groups in total. The summed E-state index contributed by atoms with van der Waals surface area (Å²) in [6.45, 7) is 6.42. The first kappa shape index (κ1) is 59.6. The monoisotopic (exact) mass is 877 g/mol. The van der Waals surface area contributed by atoms with Gasteiger partial charge >= 0.3 is 17.9 Å². The highest BCUT2D eigenvalue weighted by Gasteiger charge is 2.19. The number of esters is 3. The van der Waals surface area contributed by atoms with Crippen LogP contribution in [0.3, 0.4) is 0 Å². The Balaban J connectivity index is 4.32. The predicted molar refractivity (Wildman–Crippen MR) is 270 cm³/mol.